The van der Waals surface area contributed by atoms with E-state index in [2.05, 4.69) is 15.0 Å². The zero-order chi connectivity index (χ0) is 25.9. The summed E-state index contributed by atoms with van der Waals surface area (Å²) < 4.78 is 20.3. The molecule has 0 aromatic carbocycles. The minimum atomic E-state index is -1.18. The monoisotopic (exact) mass is 519 g/mol. The maximum Gasteiger partial charge on any atom is 0.277 e. The summed E-state index contributed by atoms with van der Waals surface area (Å²) in [5, 5.41) is 9.85. The van der Waals surface area contributed by atoms with Crippen molar-refractivity contribution in [1.29, 1.82) is 0 Å². The van der Waals surface area contributed by atoms with Gasteiger partial charge in [-0.3, -0.25) is 14.3 Å². The highest BCUT2D eigenvalue weighted by atomic mass is 35.5. The number of aryl methyl sites for hydroxylation is 2. The second-order valence-electron chi connectivity index (χ2n) is 8.26. The molecule has 0 atom stereocenters. The normalized spacial score (nSPS) is 12.4. The van der Waals surface area contributed by atoms with Crippen molar-refractivity contribution < 1.29 is 14.2 Å². The van der Waals surface area contributed by atoms with Crippen LogP contribution in [0.15, 0.2) is 52.2 Å². The van der Waals surface area contributed by atoms with Crippen LogP contribution >= 0.6 is 23.2 Å². The first kappa shape index (κ1) is 26.3. The van der Waals surface area contributed by atoms with E-state index in [1.54, 1.807) is 46.0 Å². The van der Waals surface area contributed by atoms with Gasteiger partial charge >= 0.3 is 0 Å². The summed E-state index contributed by atoms with van der Waals surface area (Å²) in [6, 6.07) is 4.36. The molecule has 3 heterocycles. The molecule has 0 spiro atoms. The fourth-order valence-corrected chi connectivity index (χ4v) is 3.39. The lowest BCUT2D eigenvalue weighted by Gasteiger charge is -2.17. The van der Waals surface area contributed by atoms with E-state index < -0.39 is 17.0 Å². The third-order valence-electron chi connectivity index (χ3n) is 5.02. The average molecular weight is 520 g/mol. The van der Waals surface area contributed by atoms with Gasteiger partial charge in [0.15, 0.2) is 5.82 Å². The van der Waals surface area contributed by atoms with Crippen molar-refractivity contribution >= 4 is 35.2 Å². The molecule has 35 heavy (non-hydrogen) atoms. The molecule has 3 N–H and O–H groups in total. The number of hydrogen-bond acceptors (Lipinski definition) is 7. The van der Waals surface area contributed by atoms with Gasteiger partial charge in [0.05, 0.1) is 28.2 Å². The van der Waals surface area contributed by atoms with E-state index in [0.29, 0.717) is 28.5 Å². The predicted octanol–water partition coefficient (Wildman–Crippen LogP) is 4.59. The van der Waals surface area contributed by atoms with Crippen LogP contribution in [0.2, 0.25) is 10.0 Å². The molecule has 0 unspecified atom stereocenters. The number of halogens is 3. The van der Waals surface area contributed by atoms with Gasteiger partial charge in [0.25, 0.3) is 5.56 Å². The molecular weight excluding hydrogens is 496 g/mol. The number of aromatic nitrogens is 3. The first-order valence-corrected chi connectivity index (χ1v) is 11.2. The van der Waals surface area contributed by atoms with E-state index in [0.717, 1.165) is 12.3 Å². The fraction of sp³-hybridized carbons (Fsp3) is 0.250. The third-order valence-corrected chi connectivity index (χ3v) is 5.69. The summed E-state index contributed by atoms with van der Waals surface area (Å²) in [5.41, 5.74) is 6.46. The smallest absolute Gasteiger partial charge is 0.277 e. The van der Waals surface area contributed by atoms with Crippen molar-refractivity contribution in [3.63, 3.8) is 0 Å². The van der Waals surface area contributed by atoms with Crippen LogP contribution < -0.4 is 16.0 Å². The quantitative estimate of drug-likeness (QED) is 0.441. The van der Waals surface area contributed by atoms with E-state index in [-0.39, 0.29) is 28.1 Å². The van der Waals surface area contributed by atoms with Crippen molar-refractivity contribution in [2.24, 2.45) is 10.7 Å². The van der Waals surface area contributed by atoms with Crippen molar-refractivity contribution in [2.45, 2.75) is 39.9 Å². The van der Waals surface area contributed by atoms with E-state index in [9.17, 15) is 14.3 Å². The molecule has 11 heteroatoms. The molecule has 3 rings (SSSR count). The Balaban J connectivity index is 1.93. The molecule has 0 amide bonds. The molecule has 0 saturated heterocycles. The summed E-state index contributed by atoms with van der Waals surface area (Å²) in [6.45, 7) is 6.55. The zero-order valence-corrected chi connectivity index (χ0v) is 21.0. The average Bonchev–Trinajstić information content (AvgIpc) is 2.77. The first-order chi connectivity index (χ1) is 16.4. The number of ether oxygens (including phenoxy) is 1. The zero-order valence-electron chi connectivity index (χ0n) is 19.5. The van der Waals surface area contributed by atoms with Gasteiger partial charge in [-0.2, -0.15) is 0 Å². The van der Waals surface area contributed by atoms with Gasteiger partial charge in [0.2, 0.25) is 0 Å². The van der Waals surface area contributed by atoms with Crippen LogP contribution in [-0.2, 0) is 6.61 Å². The lowest BCUT2D eigenvalue weighted by Crippen LogP contribution is -2.27. The van der Waals surface area contributed by atoms with Crippen molar-refractivity contribution in [1.82, 2.24) is 14.5 Å². The van der Waals surface area contributed by atoms with Crippen LogP contribution in [0.5, 0.6) is 5.75 Å². The molecule has 0 aliphatic heterocycles. The number of pyridine rings is 3. The van der Waals surface area contributed by atoms with Crippen LogP contribution in [0.25, 0.3) is 5.69 Å². The molecular formula is C24H24Cl2FN5O3. The minimum absolute atomic E-state index is 0.101. The number of hydrogen-bond donors (Lipinski definition) is 2. The summed E-state index contributed by atoms with van der Waals surface area (Å²) in [7, 11) is 0. The second-order valence-corrected chi connectivity index (χ2v) is 9.05. The van der Waals surface area contributed by atoms with Gasteiger partial charge in [-0.25, -0.2) is 14.4 Å². The van der Waals surface area contributed by atoms with Gasteiger partial charge in [-0.1, -0.05) is 23.2 Å². The maximum absolute atomic E-state index is 13.2. The molecule has 184 valence electrons. The number of nitrogens with zero attached hydrogens (tertiary/aromatic N) is 4. The fourth-order valence-electron chi connectivity index (χ4n) is 2.99. The standard InChI is InChI=1S/C24H24Cl2FN5O3/c1-13-10-31-21(29-6-5-20(28)24(3,4)34)9-18(13)32-14(2)7-19(22(26)23(32)33)35-12-17-16(25)8-15(27)11-30-17/h5-11,34H,12,28H2,1-4H3/b20-5-,29-6?. The first-order valence-electron chi connectivity index (χ1n) is 10.4. The van der Waals surface area contributed by atoms with Gasteiger partial charge in [-0.15, -0.1) is 0 Å². The Bertz CT molecular complexity index is 1380. The Hall–Kier alpha value is -3.27. The van der Waals surface area contributed by atoms with Gasteiger partial charge in [0, 0.05) is 35.9 Å². The molecule has 8 nitrogen and oxygen atoms in total. The largest absolute Gasteiger partial charge is 0.485 e. The Kier molecular flexibility index (Phi) is 7.94. The van der Waals surface area contributed by atoms with Gasteiger partial charge in [-0.05, 0) is 45.4 Å². The van der Waals surface area contributed by atoms with Gasteiger partial charge in [0.1, 0.15) is 23.2 Å². The summed E-state index contributed by atoms with van der Waals surface area (Å²) in [4.78, 5) is 25.5. The number of aliphatic imine (C=N–C) groups is 1. The van der Waals surface area contributed by atoms with E-state index >= 15 is 0 Å². The molecule has 3 aromatic heterocycles. The van der Waals surface area contributed by atoms with Gasteiger partial charge < -0.3 is 15.6 Å². The van der Waals surface area contributed by atoms with Crippen LogP contribution in [0.4, 0.5) is 10.2 Å². The minimum Gasteiger partial charge on any atom is -0.485 e. The predicted molar refractivity (Wildman–Crippen MR) is 135 cm³/mol. The molecule has 0 aliphatic carbocycles. The lowest BCUT2D eigenvalue weighted by molar-refractivity contribution is 0.118. The summed E-state index contributed by atoms with van der Waals surface area (Å²) >= 11 is 12.3. The number of allylic oxidation sites excluding steroid dienone is 1. The Morgan fingerprint density at radius 2 is 1.97 bits per heavy atom. The second kappa shape index (κ2) is 10.6. The Morgan fingerprint density at radius 1 is 1.26 bits per heavy atom. The summed E-state index contributed by atoms with van der Waals surface area (Å²) in [5.74, 6) is -0.0988. The number of rotatable bonds is 7. The molecule has 0 bridgehead atoms. The van der Waals surface area contributed by atoms with Crippen molar-refractivity contribution in [3.8, 4) is 11.4 Å². The maximum atomic E-state index is 13.2. The highest BCUT2D eigenvalue weighted by Crippen LogP contribution is 2.27. The SMILES string of the molecule is Cc1cnc(N=C/C=C(\N)C(C)(C)O)cc1-n1c(C)cc(OCc2ncc(F)cc2Cl)c(Cl)c1=O. The summed E-state index contributed by atoms with van der Waals surface area (Å²) in [6.07, 6.45) is 5.50. The van der Waals surface area contributed by atoms with Crippen LogP contribution in [0.1, 0.15) is 30.8 Å². The van der Waals surface area contributed by atoms with Crippen molar-refractivity contribution in [2.75, 3.05) is 0 Å². The molecule has 0 saturated carbocycles. The molecule has 3 aromatic rings. The van der Waals surface area contributed by atoms with Crippen molar-refractivity contribution in [3.05, 3.63) is 85.5 Å². The highest BCUT2D eigenvalue weighted by Gasteiger charge is 2.17. The number of aliphatic hydroxyl groups is 1. The highest BCUT2D eigenvalue weighted by molar-refractivity contribution is 6.32. The molecule has 0 fully saturated rings. The van der Waals surface area contributed by atoms with Crippen LogP contribution in [-0.4, -0.2) is 31.5 Å². The van der Waals surface area contributed by atoms with Crippen LogP contribution in [0, 0.1) is 19.7 Å². The van der Waals surface area contributed by atoms with E-state index in [1.807, 2.05) is 0 Å². The van der Waals surface area contributed by atoms with Crippen LogP contribution in [0.3, 0.4) is 0 Å². The Labute approximate surface area is 211 Å². The topological polar surface area (TPSA) is 116 Å². The number of nitrogens with two attached hydrogens (primary N) is 1. The lowest BCUT2D eigenvalue weighted by atomic mass is 10.1. The Morgan fingerprint density at radius 3 is 2.63 bits per heavy atom. The van der Waals surface area contributed by atoms with E-state index in [1.165, 1.54) is 16.9 Å². The molecule has 0 aliphatic rings. The third kappa shape index (κ3) is 6.25. The van der Waals surface area contributed by atoms with E-state index in [4.69, 9.17) is 33.7 Å². The molecule has 0 radical (unpaired) electrons.